The molecule has 1 saturated carbocycles. The van der Waals surface area contributed by atoms with Gasteiger partial charge in [0.05, 0.1) is 6.10 Å². The Morgan fingerprint density at radius 1 is 1.42 bits per heavy atom. The number of aliphatic hydroxyl groups excluding tert-OH is 1. The van der Waals surface area contributed by atoms with Gasteiger partial charge < -0.3 is 5.11 Å². The van der Waals surface area contributed by atoms with E-state index in [2.05, 4.69) is 30.9 Å². The average Bonchev–Trinajstić information content (AvgIpc) is 2.77. The van der Waals surface area contributed by atoms with Gasteiger partial charge in [0.1, 0.15) is 12.2 Å². The summed E-state index contributed by atoms with van der Waals surface area (Å²) in [6.45, 7) is 7.67. The molecule has 1 aliphatic rings. The smallest absolute Gasteiger partial charge is 0.138 e. The highest BCUT2D eigenvalue weighted by molar-refractivity contribution is 4.91. The molecule has 1 N–H and O–H groups in total. The summed E-state index contributed by atoms with van der Waals surface area (Å²) in [7, 11) is 0. The van der Waals surface area contributed by atoms with E-state index in [9.17, 15) is 5.11 Å². The van der Waals surface area contributed by atoms with Gasteiger partial charge in [0.15, 0.2) is 0 Å². The van der Waals surface area contributed by atoms with Crippen LogP contribution in [0.3, 0.4) is 0 Å². The fourth-order valence-corrected chi connectivity index (χ4v) is 3.00. The second kappa shape index (κ2) is 6.04. The Kier molecular flexibility index (Phi) is 4.61. The van der Waals surface area contributed by atoms with Crippen LogP contribution < -0.4 is 0 Å². The van der Waals surface area contributed by atoms with Gasteiger partial charge in [-0.1, -0.05) is 20.8 Å². The molecule has 0 spiro atoms. The summed E-state index contributed by atoms with van der Waals surface area (Å²) in [4.78, 5) is 4.29. The van der Waals surface area contributed by atoms with Crippen molar-refractivity contribution in [1.82, 2.24) is 14.8 Å². The van der Waals surface area contributed by atoms with E-state index in [-0.39, 0.29) is 6.10 Å². The van der Waals surface area contributed by atoms with Gasteiger partial charge in [-0.25, -0.2) is 4.98 Å². The normalized spacial score (nSPS) is 21.5. The maximum absolute atomic E-state index is 10.4. The third-order valence-corrected chi connectivity index (χ3v) is 4.45. The lowest BCUT2D eigenvalue weighted by atomic mass is 9.71. The minimum atomic E-state index is -0.268. The maximum atomic E-state index is 10.4. The first-order chi connectivity index (χ1) is 9.02. The summed E-state index contributed by atoms with van der Waals surface area (Å²) in [5.41, 5.74) is 0.457. The van der Waals surface area contributed by atoms with Crippen LogP contribution in [-0.4, -0.2) is 26.0 Å². The monoisotopic (exact) mass is 265 g/mol. The summed E-state index contributed by atoms with van der Waals surface area (Å²) in [5.74, 6) is 1.36. The van der Waals surface area contributed by atoms with Crippen molar-refractivity contribution in [2.45, 2.75) is 71.9 Å². The Bertz CT molecular complexity index is 390. The molecule has 0 bridgehead atoms. The highest BCUT2D eigenvalue weighted by atomic mass is 16.3. The van der Waals surface area contributed by atoms with E-state index in [0.29, 0.717) is 17.8 Å². The molecule has 1 aromatic heterocycles. The van der Waals surface area contributed by atoms with Gasteiger partial charge in [0.2, 0.25) is 0 Å². The first-order valence-corrected chi connectivity index (χ1v) is 7.56. The van der Waals surface area contributed by atoms with Crippen molar-refractivity contribution in [1.29, 1.82) is 0 Å². The van der Waals surface area contributed by atoms with Crippen LogP contribution in [0.5, 0.6) is 0 Å². The van der Waals surface area contributed by atoms with Crippen LogP contribution in [0.1, 0.15) is 58.7 Å². The van der Waals surface area contributed by atoms with Gasteiger partial charge in [-0.2, -0.15) is 5.10 Å². The minimum absolute atomic E-state index is 0.268. The van der Waals surface area contributed by atoms with Gasteiger partial charge in [-0.3, -0.25) is 4.68 Å². The zero-order valence-corrected chi connectivity index (χ0v) is 12.5. The molecule has 0 aromatic carbocycles. The Morgan fingerprint density at radius 2 is 2.11 bits per heavy atom. The van der Waals surface area contributed by atoms with Crippen LogP contribution >= 0.6 is 0 Å². The molecule has 1 heterocycles. The van der Waals surface area contributed by atoms with Gasteiger partial charge in [-0.15, -0.1) is 0 Å². The first-order valence-electron chi connectivity index (χ1n) is 7.56. The van der Waals surface area contributed by atoms with Gasteiger partial charge in [0.25, 0.3) is 0 Å². The van der Waals surface area contributed by atoms with E-state index >= 15 is 0 Å². The van der Waals surface area contributed by atoms with Crippen LogP contribution in [0.4, 0.5) is 0 Å². The zero-order chi connectivity index (χ0) is 13.9. The molecule has 1 unspecified atom stereocenters. The lowest BCUT2D eigenvalue weighted by molar-refractivity contribution is 0.0555. The standard InChI is InChI=1S/C15H27N3O/c1-4-9-18-14(16-11-17-18)10-13(19)12-5-7-15(2,3)8-6-12/h11-13,19H,4-10H2,1-3H3. The SMILES string of the molecule is CCCn1ncnc1CC(O)C1CCC(C)(C)CC1. The van der Waals surface area contributed by atoms with Crippen molar-refractivity contribution in [3.05, 3.63) is 12.2 Å². The molecule has 1 aliphatic carbocycles. The Hall–Kier alpha value is -0.900. The first kappa shape index (κ1) is 14.5. The molecule has 108 valence electrons. The molecule has 4 heteroatoms. The number of rotatable bonds is 5. The van der Waals surface area contributed by atoms with E-state index < -0.39 is 0 Å². The van der Waals surface area contributed by atoms with Gasteiger partial charge in [0, 0.05) is 13.0 Å². The number of hydrogen-bond donors (Lipinski definition) is 1. The van der Waals surface area contributed by atoms with Crippen molar-refractivity contribution in [2.24, 2.45) is 11.3 Å². The fraction of sp³-hybridized carbons (Fsp3) is 0.867. The molecule has 1 fully saturated rings. The van der Waals surface area contributed by atoms with Crippen LogP contribution in [0.15, 0.2) is 6.33 Å². The van der Waals surface area contributed by atoms with Gasteiger partial charge in [-0.05, 0) is 43.4 Å². The summed E-state index contributed by atoms with van der Waals surface area (Å²) in [5, 5.41) is 14.6. The third kappa shape index (κ3) is 3.78. The lowest BCUT2D eigenvalue weighted by Gasteiger charge is -2.36. The predicted molar refractivity (Wildman–Crippen MR) is 75.8 cm³/mol. The molecule has 0 saturated heterocycles. The van der Waals surface area contributed by atoms with Crippen molar-refractivity contribution in [3.63, 3.8) is 0 Å². The Morgan fingerprint density at radius 3 is 2.74 bits per heavy atom. The van der Waals surface area contributed by atoms with Crippen LogP contribution in [-0.2, 0) is 13.0 Å². The van der Waals surface area contributed by atoms with Crippen molar-refractivity contribution < 1.29 is 5.11 Å². The molecule has 2 rings (SSSR count). The third-order valence-electron chi connectivity index (χ3n) is 4.45. The van der Waals surface area contributed by atoms with Crippen LogP contribution in [0.2, 0.25) is 0 Å². The van der Waals surface area contributed by atoms with Crippen molar-refractivity contribution in [2.75, 3.05) is 0 Å². The van der Waals surface area contributed by atoms with E-state index in [1.165, 1.54) is 12.8 Å². The largest absolute Gasteiger partial charge is 0.392 e. The second-order valence-corrected chi connectivity index (χ2v) is 6.67. The molecule has 1 atom stereocenters. The van der Waals surface area contributed by atoms with Crippen LogP contribution in [0, 0.1) is 11.3 Å². The van der Waals surface area contributed by atoms with Crippen molar-refractivity contribution in [3.8, 4) is 0 Å². The van der Waals surface area contributed by atoms with Crippen molar-refractivity contribution >= 4 is 0 Å². The van der Waals surface area contributed by atoms with E-state index in [1.54, 1.807) is 6.33 Å². The summed E-state index contributed by atoms with van der Waals surface area (Å²) < 4.78 is 1.93. The molecule has 0 amide bonds. The minimum Gasteiger partial charge on any atom is -0.392 e. The number of aryl methyl sites for hydroxylation is 1. The molecule has 19 heavy (non-hydrogen) atoms. The molecule has 4 nitrogen and oxygen atoms in total. The molecule has 0 aliphatic heterocycles. The number of nitrogens with zero attached hydrogens (tertiary/aromatic N) is 3. The predicted octanol–water partition coefficient (Wildman–Crippen LogP) is 2.81. The molecule has 0 radical (unpaired) electrons. The maximum Gasteiger partial charge on any atom is 0.138 e. The number of aromatic nitrogens is 3. The van der Waals surface area contributed by atoms with Gasteiger partial charge >= 0.3 is 0 Å². The lowest BCUT2D eigenvalue weighted by Crippen LogP contribution is -2.31. The van der Waals surface area contributed by atoms with E-state index in [1.807, 2.05) is 4.68 Å². The summed E-state index contributed by atoms with van der Waals surface area (Å²) in [6.07, 6.45) is 7.73. The van der Waals surface area contributed by atoms with E-state index in [0.717, 1.165) is 31.6 Å². The second-order valence-electron chi connectivity index (χ2n) is 6.67. The highest BCUT2D eigenvalue weighted by Crippen LogP contribution is 2.39. The fourth-order valence-electron chi connectivity index (χ4n) is 3.00. The summed E-state index contributed by atoms with van der Waals surface area (Å²) in [6, 6.07) is 0. The summed E-state index contributed by atoms with van der Waals surface area (Å²) >= 11 is 0. The number of aliphatic hydroxyl groups is 1. The molecular weight excluding hydrogens is 238 g/mol. The van der Waals surface area contributed by atoms with Crippen LogP contribution in [0.25, 0.3) is 0 Å². The highest BCUT2D eigenvalue weighted by Gasteiger charge is 2.31. The Balaban J connectivity index is 1.90. The molecule has 1 aromatic rings. The topological polar surface area (TPSA) is 50.9 Å². The zero-order valence-electron chi connectivity index (χ0n) is 12.5. The number of hydrogen-bond acceptors (Lipinski definition) is 3. The quantitative estimate of drug-likeness (QED) is 0.890. The Labute approximate surface area is 116 Å². The molecular formula is C15H27N3O. The average molecular weight is 265 g/mol. The van der Waals surface area contributed by atoms with E-state index in [4.69, 9.17) is 0 Å².